The maximum atomic E-state index is 11.8. The number of nitrogens with zero attached hydrogens (tertiary/aromatic N) is 2. The minimum Gasteiger partial charge on any atom is -0.333 e. The number of pyridine rings is 1. The maximum Gasteiger partial charge on any atom is 0.319 e. The van der Waals surface area contributed by atoms with Gasteiger partial charge in [0, 0.05) is 17.4 Å². The number of fused-ring (bicyclic) bond motifs is 1. The Labute approximate surface area is 113 Å². The van der Waals surface area contributed by atoms with E-state index >= 15 is 0 Å². The van der Waals surface area contributed by atoms with Crippen LogP contribution in [0.15, 0.2) is 18.3 Å². The van der Waals surface area contributed by atoms with Gasteiger partial charge in [0.25, 0.3) is 0 Å². The predicted molar refractivity (Wildman–Crippen MR) is 76.6 cm³/mol. The van der Waals surface area contributed by atoms with Crippen LogP contribution in [0.4, 0.5) is 10.5 Å². The Bertz CT molecular complexity index is 622. The SMILES string of the molecule is Cc1nc2ccc(NC(=O)NC(C)(C)C)cn2c1C. The number of carbonyl (C=O) groups is 1. The summed E-state index contributed by atoms with van der Waals surface area (Å²) in [4.78, 5) is 16.2. The summed E-state index contributed by atoms with van der Waals surface area (Å²) >= 11 is 0. The standard InChI is InChI=1S/C14H20N4O/c1-9-10(2)18-8-11(6-7-12(18)15-9)16-13(19)17-14(3,4)5/h6-8H,1-5H3,(H2,16,17,19). The number of rotatable bonds is 1. The molecule has 0 aliphatic rings. The molecular formula is C14H20N4O. The molecule has 0 spiro atoms. The quantitative estimate of drug-likeness (QED) is 0.828. The minimum atomic E-state index is -0.254. The molecule has 2 N–H and O–H groups in total. The van der Waals surface area contributed by atoms with Crippen molar-refractivity contribution in [2.75, 3.05) is 5.32 Å². The number of anilines is 1. The molecule has 2 amide bonds. The molecule has 0 saturated heterocycles. The minimum absolute atomic E-state index is 0.207. The summed E-state index contributed by atoms with van der Waals surface area (Å²) < 4.78 is 1.97. The molecule has 2 rings (SSSR count). The van der Waals surface area contributed by atoms with Crippen molar-refractivity contribution < 1.29 is 4.79 Å². The number of aryl methyl sites for hydroxylation is 2. The van der Waals surface area contributed by atoms with Crippen LogP contribution in [0.1, 0.15) is 32.2 Å². The van der Waals surface area contributed by atoms with Gasteiger partial charge in [0.1, 0.15) is 5.65 Å². The van der Waals surface area contributed by atoms with Crippen LogP contribution in [0.5, 0.6) is 0 Å². The Hall–Kier alpha value is -2.04. The average molecular weight is 260 g/mol. The van der Waals surface area contributed by atoms with Crippen molar-refractivity contribution in [3.05, 3.63) is 29.7 Å². The van der Waals surface area contributed by atoms with Gasteiger partial charge in [0.15, 0.2) is 0 Å². The first-order valence-corrected chi connectivity index (χ1v) is 6.31. The zero-order valence-electron chi connectivity index (χ0n) is 12.0. The zero-order chi connectivity index (χ0) is 14.2. The fourth-order valence-corrected chi connectivity index (χ4v) is 1.86. The summed E-state index contributed by atoms with van der Waals surface area (Å²) in [6, 6.07) is 3.54. The molecule has 0 aliphatic carbocycles. The second-order valence-corrected chi connectivity index (χ2v) is 5.76. The summed E-state index contributed by atoms with van der Waals surface area (Å²) in [5.41, 5.74) is 3.45. The zero-order valence-corrected chi connectivity index (χ0v) is 12.0. The first-order chi connectivity index (χ1) is 8.76. The summed E-state index contributed by atoms with van der Waals surface area (Å²) in [7, 11) is 0. The van der Waals surface area contributed by atoms with Gasteiger partial charge in [-0.1, -0.05) is 0 Å². The molecule has 0 fully saturated rings. The lowest BCUT2D eigenvalue weighted by atomic mass is 10.1. The molecule has 0 saturated carbocycles. The number of imidazole rings is 1. The molecule has 5 heteroatoms. The molecule has 0 atom stereocenters. The summed E-state index contributed by atoms with van der Waals surface area (Å²) in [5, 5.41) is 5.69. The van der Waals surface area contributed by atoms with Crippen molar-refractivity contribution in [1.82, 2.24) is 14.7 Å². The third-order valence-corrected chi connectivity index (χ3v) is 2.84. The number of carbonyl (C=O) groups excluding carboxylic acids is 1. The molecule has 2 heterocycles. The van der Waals surface area contributed by atoms with Gasteiger partial charge in [-0.25, -0.2) is 9.78 Å². The Balaban J connectivity index is 2.22. The lowest BCUT2D eigenvalue weighted by molar-refractivity contribution is 0.244. The summed E-state index contributed by atoms with van der Waals surface area (Å²) in [5.74, 6) is 0. The molecule has 0 unspecified atom stereocenters. The van der Waals surface area contributed by atoms with Crippen molar-refractivity contribution in [2.45, 2.75) is 40.2 Å². The van der Waals surface area contributed by atoms with E-state index in [2.05, 4.69) is 15.6 Å². The fraction of sp³-hybridized carbons (Fsp3) is 0.429. The van der Waals surface area contributed by atoms with Gasteiger partial charge in [0.2, 0.25) is 0 Å². The largest absolute Gasteiger partial charge is 0.333 e. The third kappa shape index (κ3) is 3.05. The molecule has 0 bridgehead atoms. The van der Waals surface area contributed by atoms with E-state index < -0.39 is 0 Å². The second-order valence-electron chi connectivity index (χ2n) is 5.76. The van der Waals surface area contributed by atoms with Gasteiger partial charge in [-0.15, -0.1) is 0 Å². The first-order valence-electron chi connectivity index (χ1n) is 6.31. The van der Waals surface area contributed by atoms with E-state index in [-0.39, 0.29) is 11.6 Å². The van der Waals surface area contributed by atoms with E-state index in [0.29, 0.717) is 0 Å². The Kier molecular flexibility index (Phi) is 3.22. The normalized spacial score (nSPS) is 11.6. The van der Waals surface area contributed by atoms with Gasteiger partial charge in [-0.05, 0) is 46.8 Å². The van der Waals surface area contributed by atoms with Gasteiger partial charge < -0.3 is 15.0 Å². The number of nitrogens with one attached hydrogen (secondary N) is 2. The maximum absolute atomic E-state index is 11.8. The molecular weight excluding hydrogens is 240 g/mol. The number of amides is 2. The van der Waals surface area contributed by atoms with E-state index in [1.165, 1.54) is 0 Å². The smallest absolute Gasteiger partial charge is 0.319 e. The molecule has 5 nitrogen and oxygen atoms in total. The first kappa shape index (κ1) is 13.4. The van der Waals surface area contributed by atoms with Crippen LogP contribution in [0, 0.1) is 13.8 Å². The van der Waals surface area contributed by atoms with Gasteiger partial charge in [-0.2, -0.15) is 0 Å². The van der Waals surface area contributed by atoms with E-state index in [1.54, 1.807) is 0 Å². The van der Waals surface area contributed by atoms with Crippen LogP contribution in [-0.2, 0) is 0 Å². The van der Waals surface area contributed by atoms with Gasteiger partial charge in [-0.3, -0.25) is 0 Å². The highest BCUT2D eigenvalue weighted by atomic mass is 16.2. The van der Waals surface area contributed by atoms with Crippen LogP contribution in [0.25, 0.3) is 5.65 Å². The topological polar surface area (TPSA) is 58.4 Å². The predicted octanol–water partition coefficient (Wildman–Crippen LogP) is 2.87. The highest BCUT2D eigenvalue weighted by molar-refractivity contribution is 5.89. The highest BCUT2D eigenvalue weighted by Crippen LogP contribution is 2.15. The van der Waals surface area contributed by atoms with E-state index in [9.17, 15) is 4.79 Å². The molecule has 0 radical (unpaired) electrons. The molecule has 102 valence electrons. The summed E-state index contributed by atoms with van der Waals surface area (Å²) in [6.07, 6.45) is 1.88. The Morgan fingerprint density at radius 2 is 1.95 bits per heavy atom. The van der Waals surface area contributed by atoms with Crippen LogP contribution >= 0.6 is 0 Å². The van der Waals surface area contributed by atoms with Crippen LogP contribution in [0.2, 0.25) is 0 Å². The van der Waals surface area contributed by atoms with E-state index in [1.807, 2.05) is 57.3 Å². The Morgan fingerprint density at radius 1 is 1.26 bits per heavy atom. The van der Waals surface area contributed by atoms with Crippen molar-refractivity contribution >= 4 is 17.4 Å². The number of urea groups is 1. The third-order valence-electron chi connectivity index (χ3n) is 2.84. The number of hydrogen-bond donors (Lipinski definition) is 2. The van der Waals surface area contributed by atoms with Crippen molar-refractivity contribution in [3.8, 4) is 0 Å². The van der Waals surface area contributed by atoms with Crippen molar-refractivity contribution in [1.29, 1.82) is 0 Å². The van der Waals surface area contributed by atoms with E-state index in [4.69, 9.17) is 0 Å². The van der Waals surface area contributed by atoms with Crippen molar-refractivity contribution in [3.63, 3.8) is 0 Å². The molecule has 2 aromatic heterocycles. The lowest BCUT2D eigenvalue weighted by Gasteiger charge is -2.20. The van der Waals surface area contributed by atoms with Gasteiger partial charge >= 0.3 is 6.03 Å². The van der Waals surface area contributed by atoms with Crippen molar-refractivity contribution in [2.24, 2.45) is 0 Å². The second kappa shape index (κ2) is 4.57. The molecule has 2 aromatic rings. The van der Waals surface area contributed by atoms with Crippen LogP contribution in [0.3, 0.4) is 0 Å². The van der Waals surface area contributed by atoms with Gasteiger partial charge in [0.05, 0.1) is 11.4 Å². The van der Waals surface area contributed by atoms with Crippen LogP contribution in [-0.4, -0.2) is 21.0 Å². The lowest BCUT2D eigenvalue weighted by Crippen LogP contribution is -2.43. The fourth-order valence-electron chi connectivity index (χ4n) is 1.86. The highest BCUT2D eigenvalue weighted by Gasteiger charge is 2.14. The molecule has 0 aromatic carbocycles. The molecule has 19 heavy (non-hydrogen) atoms. The summed E-state index contributed by atoms with van der Waals surface area (Å²) in [6.45, 7) is 9.81. The number of hydrogen-bond acceptors (Lipinski definition) is 2. The molecule has 0 aliphatic heterocycles. The number of aromatic nitrogens is 2. The average Bonchev–Trinajstić information content (AvgIpc) is 2.53. The monoisotopic (exact) mass is 260 g/mol. The van der Waals surface area contributed by atoms with Crippen LogP contribution < -0.4 is 10.6 Å². The Morgan fingerprint density at radius 3 is 2.58 bits per heavy atom. The van der Waals surface area contributed by atoms with E-state index in [0.717, 1.165) is 22.7 Å².